The standard InChI is InChI=1S/C22H21F2N5O5S/c1-32-15-9-8-13-6-3-4-7-14(13)19(15)35(30,31)28-20-18-16(34-27-20)12-17(26-21(18)33-2)22(23,24)29-11-5-10-25-29/h5,8-12H,3-4,6-7H2,1-2H3,(H,27,28). The van der Waals surface area contributed by atoms with Crippen molar-refractivity contribution in [3.8, 4) is 11.6 Å². The van der Waals surface area contributed by atoms with E-state index in [1.54, 1.807) is 6.07 Å². The molecule has 5 rings (SSSR count). The summed E-state index contributed by atoms with van der Waals surface area (Å²) in [5, 5.41) is 7.35. The molecule has 35 heavy (non-hydrogen) atoms. The SMILES string of the molecule is COc1ccc2c(c1S(=O)(=O)Nc1noc3cc(C(F)(F)n4cccn4)nc(OC)c13)CCCC2. The van der Waals surface area contributed by atoms with Crippen LogP contribution in [0, 0.1) is 0 Å². The van der Waals surface area contributed by atoms with Gasteiger partial charge in [-0.25, -0.2) is 18.1 Å². The molecule has 0 fully saturated rings. The van der Waals surface area contributed by atoms with Crippen LogP contribution in [0.1, 0.15) is 29.7 Å². The Bertz CT molecular complexity index is 1500. The number of halogens is 2. The first-order valence-electron chi connectivity index (χ1n) is 10.7. The molecule has 0 unspecified atom stereocenters. The van der Waals surface area contributed by atoms with Crippen molar-refractivity contribution in [2.75, 3.05) is 18.9 Å². The number of aromatic nitrogens is 4. The number of alkyl halides is 2. The maximum absolute atomic E-state index is 14.9. The van der Waals surface area contributed by atoms with Crippen LogP contribution in [-0.2, 0) is 28.9 Å². The molecule has 4 aromatic rings. The Labute approximate surface area is 198 Å². The van der Waals surface area contributed by atoms with Crippen LogP contribution in [0.15, 0.2) is 46.1 Å². The maximum Gasteiger partial charge on any atom is 0.387 e. The molecule has 0 radical (unpaired) electrons. The summed E-state index contributed by atoms with van der Waals surface area (Å²) in [5.74, 6) is -0.337. The highest BCUT2D eigenvalue weighted by molar-refractivity contribution is 7.92. The second-order valence-electron chi connectivity index (χ2n) is 7.96. The molecule has 3 heterocycles. The van der Waals surface area contributed by atoms with Crippen LogP contribution in [0.25, 0.3) is 11.0 Å². The lowest BCUT2D eigenvalue weighted by Crippen LogP contribution is -2.26. The number of aryl methyl sites for hydroxylation is 1. The van der Waals surface area contributed by atoms with E-state index in [2.05, 4.69) is 20.0 Å². The second-order valence-corrected chi connectivity index (χ2v) is 9.58. The molecule has 13 heteroatoms. The monoisotopic (exact) mass is 505 g/mol. The van der Waals surface area contributed by atoms with E-state index in [1.165, 1.54) is 26.5 Å². The summed E-state index contributed by atoms with van der Waals surface area (Å²) in [5.41, 5.74) is 0.766. The molecule has 1 N–H and O–H groups in total. The number of methoxy groups -OCH3 is 2. The molecule has 0 spiro atoms. The zero-order valence-corrected chi connectivity index (χ0v) is 19.6. The first-order valence-corrected chi connectivity index (χ1v) is 12.2. The highest BCUT2D eigenvalue weighted by atomic mass is 32.2. The van der Waals surface area contributed by atoms with E-state index in [1.807, 2.05) is 6.07 Å². The average molecular weight is 506 g/mol. The van der Waals surface area contributed by atoms with Gasteiger partial charge in [0.2, 0.25) is 5.88 Å². The quantitative estimate of drug-likeness (QED) is 0.403. The molecule has 3 aromatic heterocycles. The minimum atomic E-state index is -4.20. The number of sulfonamides is 1. The summed E-state index contributed by atoms with van der Waals surface area (Å²) in [7, 11) is -1.59. The predicted octanol–water partition coefficient (Wildman–Crippen LogP) is 3.71. The van der Waals surface area contributed by atoms with Gasteiger partial charge >= 0.3 is 6.05 Å². The number of hydrogen-bond acceptors (Lipinski definition) is 8. The van der Waals surface area contributed by atoms with Crippen molar-refractivity contribution in [2.45, 2.75) is 36.6 Å². The van der Waals surface area contributed by atoms with Crippen molar-refractivity contribution < 1.29 is 31.2 Å². The van der Waals surface area contributed by atoms with E-state index in [0.717, 1.165) is 37.1 Å². The molecule has 1 aliphatic rings. The van der Waals surface area contributed by atoms with E-state index in [-0.39, 0.29) is 33.3 Å². The number of fused-ring (bicyclic) bond motifs is 2. The summed E-state index contributed by atoms with van der Waals surface area (Å²) >= 11 is 0. The molecule has 0 saturated carbocycles. The zero-order chi connectivity index (χ0) is 24.8. The normalized spacial score (nSPS) is 14.1. The van der Waals surface area contributed by atoms with Gasteiger partial charge in [0.1, 0.15) is 21.7 Å². The molecule has 184 valence electrons. The summed E-state index contributed by atoms with van der Waals surface area (Å²) in [6.07, 6.45) is 5.46. The molecule has 0 aliphatic heterocycles. The fourth-order valence-corrected chi connectivity index (χ4v) is 5.73. The highest BCUT2D eigenvalue weighted by Gasteiger charge is 2.38. The summed E-state index contributed by atoms with van der Waals surface area (Å²) in [6, 6.07) is 2.18. The van der Waals surface area contributed by atoms with E-state index in [0.29, 0.717) is 16.7 Å². The number of nitrogens with one attached hydrogen (secondary N) is 1. The summed E-state index contributed by atoms with van der Waals surface area (Å²) in [4.78, 5) is 3.91. The predicted molar refractivity (Wildman–Crippen MR) is 120 cm³/mol. The average Bonchev–Trinajstić information content (AvgIpc) is 3.53. The van der Waals surface area contributed by atoms with Gasteiger partial charge < -0.3 is 14.0 Å². The van der Waals surface area contributed by atoms with Crippen molar-refractivity contribution in [3.05, 3.63) is 53.5 Å². The zero-order valence-electron chi connectivity index (χ0n) is 18.8. The second kappa shape index (κ2) is 8.48. The minimum absolute atomic E-state index is 0.000133. The molecule has 0 atom stereocenters. The van der Waals surface area contributed by atoms with Crippen molar-refractivity contribution >= 4 is 26.8 Å². The van der Waals surface area contributed by atoms with E-state index >= 15 is 0 Å². The molecule has 10 nitrogen and oxygen atoms in total. The molecular weight excluding hydrogens is 484 g/mol. The fraction of sp³-hybridized carbons (Fsp3) is 0.318. The van der Waals surface area contributed by atoms with Gasteiger partial charge in [0.25, 0.3) is 10.0 Å². The molecule has 1 aromatic carbocycles. The van der Waals surface area contributed by atoms with Gasteiger partial charge in [-0.3, -0.25) is 4.72 Å². The van der Waals surface area contributed by atoms with Crippen LogP contribution in [0.5, 0.6) is 11.6 Å². The number of anilines is 1. The van der Waals surface area contributed by atoms with Crippen LogP contribution >= 0.6 is 0 Å². The molecule has 0 saturated heterocycles. The lowest BCUT2D eigenvalue weighted by Gasteiger charge is -2.21. The van der Waals surface area contributed by atoms with E-state index in [4.69, 9.17) is 14.0 Å². The third-order valence-electron chi connectivity index (χ3n) is 5.88. The van der Waals surface area contributed by atoms with Crippen LogP contribution in [-0.4, -0.2) is 42.6 Å². The molecule has 0 amide bonds. The number of benzene rings is 1. The first-order chi connectivity index (χ1) is 16.8. The first kappa shape index (κ1) is 23.0. The van der Waals surface area contributed by atoms with Crippen molar-refractivity contribution in [3.63, 3.8) is 0 Å². The Balaban J connectivity index is 1.59. The number of ether oxygens (including phenoxy) is 2. The Kier molecular flexibility index (Phi) is 5.58. The third-order valence-corrected chi connectivity index (χ3v) is 7.33. The van der Waals surface area contributed by atoms with Crippen molar-refractivity contribution in [1.82, 2.24) is 19.9 Å². The Hall–Kier alpha value is -3.74. The van der Waals surface area contributed by atoms with Crippen LogP contribution in [0.2, 0.25) is 0 Å². The topological polar surface area (TPSA) is 121 Å². The number of nitrogens with zero attached hydrogens (tertiary/aromatic N) is 4. The lowest BCUT2D eigenvalue weighted by atomic mass is 9.91. The van der Waals surface area contributed by atoms with Crippen LogP contribution < -0.4 is 14.2 Å². The van der Waals surface area contributed by atoms with Crippen molar-refractivity contribution in [2.24, 2.45) is 0 Å². The Morgan fingerprint density at radius 3 is 2.69 bits per heavy atom. The van der Waals surface area contributed by atoms with Crippen molar-refractivity contribution in [1.29, 1.82) is 0 Å². The van der Waals surface area contributed by atoms with Gasteiger partial charge in [-0.1, -0.05) is 11.2 Å². The highest BCUT2D eigenvalue weighted by Crippen LogP contribution is 2.39. The molecular formula is C22H21F2N5O5S. The summed E-state index contributed by atoms with van der Waals surface area (Å²) < 4.78 is 75.4. The Morgan fingerprint density at radius 1 is 1.17 bits per heavy atom. The fourth-order valence-electron chi connectivity index (χ4n) is 4.26. The maximum atomic E-state index is 14.9. The van der Waals surface area contributed by atoms with Crippen LogP contribution in [0.4, 0.5) is 14.6 Å². The number of hydrogen-bond donors (Lipinski definition) is 1. The van der Waals surface area contributed by atoms with Gasteiger partial charge in [-0.2, -0.15) is 13.9 Å². The number of pyridine rings is 1. The van der Waals surface area contributed by atoms with Gasteiger partial charge in [0.15, 0.2) is 11.4 Å². The molecule has 1 aliphatic carbocycles. The minimum Gasteiger partial charge on any atom is -0.495 e. The van der Waals surface area contributed by atoms with E-state index < -0.39 is 21.8 Å². The third kappa shape index (κ3) is 3.85. The van der Waals surface area contributed by atoms with Gasteiger partial charge in [-0.15, -0.1) is 0 Å². The molecule has 0 bridgehead atoms. The van der Waals surface area contributed by atoms with Gasteiger partial charge in [-0.05, 0) is 48.9 Å². The van der Waals surface area contributed by atoms with Crippen LogP contribution in [0.3, 0.4) is 0 Å². The largest absolute Gasteiger partial charge is 0.495 e. The van der Waals surface area contributed by atoms with Gasteiger partial charge in [0.05, 0.1) is 14.2 Å². The number of rotatable bonds is 7. The Morgan fingerprint density at radius 2 is 1.97 bits per heavy atom. The van der Waals surface area contributed by atoms with Gasteiger partial charge in [0, 0.05) is 18.5 Å². The van der Waals surface area contributed by atoms with E-state index in [9.17, 15) is 17.2 Å². The lowest BCUT2D eigenvalue weighted by molar-refractivity contribution is -0.0526. The smallest absolute Gasteiger partial charge is 0.387 e. The summed E-state index contributed by atoms with van der Waals surface area (Å²) in [6.45, 7) is 0.